The van der Waals surface area contributed by atoms with E-state index in [9.17, 15) is 4.79 Å². The molecule has 1 unspecified atom stereocenters. The smallest absolute Gasteiger partial charge is 0.224 e. The monoisotopic (exact) mass is 374 g/mol. The van der Waals surface area contributed by atoms with Crippen molar-refractivity contribution in [1.29, 1.82) is 0 Å². The quantitative estimate of drug-likeness (QED) is 0.848. The van der Waals surface area contributed by atoms with Crippen LogP contribution in [0.5, 0.6) is 0 Å². The normalized spacial score (nSPS) is 18.7. The summed E-state index contributed by atoms with van der Waals surface area (Å²) in [5.74, 6) is 0.308. The number of benzene rings is 1. The number of hydrogen-bond acceptors (Lipinski definition) is 2. The zero-order chi connectivity index (χ0) is 14.6. The first-order valence-corrected chi connectivity index (χ1v) is 8.03. The van der Waals surface area contributed by atoms with Crippen LogP contribution in [0.2, 0.25) is 0 Å². The van der Waals surface area contributed by atoms with Crippen molar-refractivity contribution in [2.75, 3.05) is 19.6 Å². The molecule has 0 radical (unpaired) electrons. The Balaban J connectivity index is 0.00000220. The van der Waals surface area contributed by atoms with Gasteiger partial charge in [0.25, 0.3) is 0 Å². The van der Waals surface area contributed by atoms with Gasteiger partial charge in [0.1, 0.15) is 0 Å². The summed E-state index contributed by atoms with van der Waals surface area (Å²) in [7, 11) is 0. The number of carbonyl (C=O) groups excluding carboxylic acids is 1. The largest absolute Gasteiger partial charge is 0.355 e. The van der Waals surface area contributed by atoms with E-state index in [-0.39, 0.29) is 29.6 Å². The molecule has 1 aromatic rings. The molecule has 1 aliphatic rings. The molecule has 3 nitrogen and oxygen atoms in total. The van der Waals surface area contributed by atoms with Crippen LogP contribution in [0.3, 0.4) is 0 Å². The van der Waals surface area contributed by atoms with Gasteiger partial charge < -0.3 is 10.6 Å². The number of rotatable bonds is 4. The standard InChI is InChI=1S/C16H23BrN2O.ClH/c1-16(2,13-6-3-7-14(17)9-13)11-19-15(20)12-5-4-8-18-10-12;/h3,6-7,9,12,18H,4-5,8,10-11H2,1-2H3,(H,19,20);1H. The van der Waals surface area contributed by atoms with Crippen molar-refractivity contribution in [2.24, 2.45) is 5.92 Å². The first-order chi connectivity index (χ1) is 9.49. The molecular formula is C16H24BrClN2O. The third-order valence-electron chi connectivity index (χ3n) is 3.98. The van der Waals surface area contributed by atoms with E-state index in [1.54, 1.807) is 0 Å². The molecule has 2 rings (SSSR count). The minimum atomic E-state index is -0.0679. The molecule has 21 heavy (non-hydrogen) atoms. The Morgan fingerprint density at radius 1 is 1.48 bits per heavy atom. The Labute approximate surface area is 141 Å². The molecule has 118 valence electrons. The highest BCUT2D eigenvalue weighted by atomic mass is 79.9. The minimum Gasteiger partial charge on any atom is -0.355 e. The lowest BCUT2D eigenvalue weighted by Gasteiger charge is -2.28. The average Bonchev–Trinajstić information content (AvgIpc) is 2.46. The molecule has 5 heteroatoms. The van der Waals surface area contributed by atoms with Gasteiger partial charge in [0.15, 0.2) is 0 Å². The molecular weight excluding hydrogens is 352 g/mol. The predicted octanol–water partition coefficient (Wildman–Crippen LogP) is 3.26. The van der Waals surface area contributed by atoms with E-state index in [1.165, 1.54) is 5.56 Å². The van der Waals surface area contributed by atoms with Crippen LogP contribution in [0, 0.1) is 5.92 Å². The third kappa shape index (κ3) is 5.28. The van der Waals surface area contributed by atoms with Crippen LogP contribution in [-0.4, -0.2) is 25.5 Å². The number of hydrogen-bond donors (Lipinski definition) is 2. The highest BCUT2D eigenvalue weighted by Crippen LogP contribution is 2.25. The van der Waals surface area contributed by atoms with Gasteiger partial charge in [-0.25, -0.2) is 0 Å². The van der Waals surface area contributed by atoms with Crippen LogP contribution in [0.15, 0.2) is 28.7 Å². The van der Waals surface area contributed by atoms with Gasteiger partial charge in [0.2, 0.25) is 5.91 Å². The van der Waals surface area contributed by atoms with E-state index >= 15 is 0 Å². The maximum absolute atomic E-state index is 12.2. The van der Waals surface area contributed by atoms with Gasteiger partial charge in [-0.05, 0) is 37.1 Å². The summed E-state index contributed by atoms with van der Waals surface area (Å²) in [6.07, 6.45) is 2.09. The summed E-state index contributed by atoms with van der Waals surface area (Å²) in [6.45, 7) is 6.83. The average molecular weight is 376 g/mol. The van der Waals surface area contributed by atoms with Crippen molar-refractivity contribution >= 4 is 34.2 Å². The van der Waals surface area contributed by atoms with Crippen LogP contribution >= 0.6 is 28.3 Å². The van der Waals surface area contributed by atoms with Crippen molar-refractivity contribution in [1.82, 2.24) is 10.6 Å². The molecule has 1 aliphatic heterocycles. The summed E-state index contributed by atoms with van der Waals surface area (Å²) in [6, 6.07) is 8.29. The molecule has 1 saturated heterocycles. The first kappa shape index (κ1) is 18.5. The molecule has 0 aromatic heterocycles. The highest BCUT2D eigenvalue weighted by molar-refractivity contribution is 9.10. The maximum Gasteiger partial charge on any atom is 0.224 e. The third-order valence-corrected chi connectivity index (χ3v) is 4.47. The Hall–Kier alpha value is -0.580. The van der Waals surface area contributed by atoms with E-state index in [1.807, 2.05) is 12.1 Å². The minimum absolute atomic E-state index is 0. The van der Waals surface area contributed by atoms with Crippen molar-refractivity contribution in [2.45, 2.75) is 32.1 Å². The molecule has 0 spiro atoms. The topological polar surface area (TPSA) is 41.1 Å². The number of amides is 1. The molecule has 1 amide bonds. The van der Waals surface area contributed by atoms with Crippen molar-refractivity contribution in [3.05, 3.63) is 34.3 Å². The van der Waals surface area contributed by atoms with Crippen molar-refractivity contribution in [3.8, 4) is 0 Å². The van der Waals surface area contributed by atoms with E-state index in [0.717, 1.165) is 30.4 Å². The molecule has 1 aromatic carbocycles. The maximum atomic E-state index is 12.2. The number of nitrogens with one attached hydrogen (secondary N) is 2. The number of halogens is 2. The van der Waals surface area contributed by atoms with Crippen LogP contribution in [0.4, 0.5) is 0 Å². The van der Waals surface area contributed by atoms with Gasteiger partial charge in [-0.2, -0.15) is 0 Å². The number of piperidine rings is 1. The molecule has 0 saturated carbocycles. The van der Waals surface area contributed by atoms with Crippen LogP contribution in [0.25, 0.3) is 0 Å². The number of carbonyl (C=O) groups is 1. The van der Waals surface area contributed by atoms with E-state index in [0.29, 0.717) is 6.54 Å². The van der Waals surface area contributed by atoms with Crippen molar-refractivity contribution < 1.29 is 4.79 Å². The summed E-state index contributed by atoms with van der Waals surface area (Å²) in [5.41, 5.74) is 1.16. The van der Waals surface area contributed by atoms with Gasteiger partial charge in [-0.1, -0.05) is 41.9 Å². The van der Waals surface area contributed by atoms with Gasteiger partial charge in [0, 0.05) is 23.0 Å². The van der Waals surface area contributed by atoms with Gasteiger partial charge in [-0.3, -0.25) is 4.79 Å². The molecule has 1 atom stereocenters. The fourth-order valence-electron chi connectivity index (χ4n) is 2.54. The van der Waals surface area contributed by atoms with Crippen molar-refractivity contribution in [3.63, 3.8) is 0 Å². The van der Waals surface area contributed by atoms with Gasteiger partial charge >= 0.3 is 0 Å². The Morgan fingerprint density at radius 2 is 2.24 bits per heavy atom. The molecule has 0 bridgehead atoms. The predicted molar refractivity (Wildman–Crippen MR) is 93.0 cm³/mol. The Kier molecular flexibility index (Phi) is 7.17. The van der Waals surface area contributed by atoms with E-state index < -0.39 is 0 Å². The molecule has 0 aliphatic carbocycles. The highest BCUT2D eigenvalue weighted by Gasteiger charge is 2.25. The second kappa shape index (κ2) is 8.16. The zero-order valence-corrected chi connectivity index (χ0v) is 15.0. The Morgan fingerprint density at radius 3 is 2.86 bits per heavy atom. The first-order valence-electron chi connectivity index (χ1n) is 7.23. The van der Waals surface area contributed by atoms with Crippen LogP contribution in [0.1, 0.15) is 32.3 Å². The lowest BCUT2D eigenvalue weighted by atomic mass is 9.84. The van der Waals surface area contributed by atoms with E-state index in [2.05, 4.69) is 52.5 Å². The zero-order valence-electron chi connectivity index (χ0n) is 12.6. The SMILES string of the molecule is CC(C)(CNC(=O)C1CCCNC1)c1cccc(Br)c1.Cl. The van der Waals surface area contributed by atoms with Crippen LogP contribution in [-0.2, 0) is 10.2 Å². The van der Waals surface area contributed by atoms with E-state index in [4.69, 9.17) is 0 Å². The summed E-state index contributed by atoms with van der Waals surface area (Å²) >= 11 is 3.50. The lowest BCUT2D eigenvalue weighted by molar-refractivity contribution is -0.125. The molecule has 1 heterocycles. The summed E-state index contributed by atoms with van der Waals surface area (Å²) in [5, 5.41) is 6.40. The fourth-order valence-corrected chi connectivity index (χ4v) is 2.94. The summed E-state index contributed by atoms with van der Waals surface area (Å²) < 4.78 is 1.07. The van der Waals surface area contributed by atoms with Gasteiger partial charge in [-0.15, -0.1) is 12.4 Å². The second-order valence-corrected chi connectivity index (χ2v) is 7.07. The summed E-state index contributed by atoms with van der Waals surface area (Å²) in [4.78, 5) is 12.2. The Bertz CT molecular complexity index is 473. The lowest BCUT2D eigenvalue weighted by Crippen LogP contribution is -2.44. The second-order valence-electron chi connectivity index (χ2n) is 6.16. The molecule has 1 fully saturated rings. The van der Waals surface area contributed by atoms with Crippen LogP contribution < -0.4 is 10.6 Å². The molecule has 2 N–H and O–H groups in total. The fraction of sp³-hybridized carbons (Fsp3) is 0.562. The van der Waals surface area contributed by atoms with Gasteiger partial charge in [0.05, 0.1) is 5.92 Å².